The Bertz CT molecular complexity index is 724. The van der Waals surface area contributed by atoms with Crippen LogP contribution in [0.25, 0.3) is 0 Å². The quantitative estimate of drug-likeness (QED) is 0.848. The van der Waals surface area contributed by atoms with Gasteiger partial charge in [-0.05, 0) is 25.1 Å². The minimum absolute atomic E-state index is 0.520. The lowest BCUT2D eigenvalue weighted by Crippen LogP contribution is -2.23. The minimum atomic E-state index is -4.58. The van der Waals surface area contributed by atoms with Gasteiger partial charge in [0.2, 0.25) is 0 Å². The molecule has 0 aliphatic heterocycles. The number of nitrogens with one attached hydrogen (secondary N) is 1. The molecule has 0 spiro atoms. The molecule has 1 amide bonds. The lowest BCUT2D eigenvalue weighted by molar-refractivity contribution is -0.148. The number of aryl methyl sites for hydroxylation is 1. The summed E-state index contributed by atoms with van der Waals surface area (Å²) in [5, 5.41) is 5.74. The molecular weight excluding hydrogens is 327 g/mol. The molecule has 0 saturated heterocycles. The fourth-order valence-corrected chi connectivity index (χ4v) is 1.76. The molecule has 0 atom stereocenters. The van der Waals surface area contributed by atoms with Crippen molar-refractivity contribution in [1.29, 1.82) is 0 Å². The van der Waals surface area contributed by atoms with E-state index in [1.54, 1.807) is 24.3 Å². The van der Waals surface area contributed by atoms with Crippen LogP contribution in [0.3, 0.4) is 0 Å². The number of carbonyl (C=O) groups is 2. The Hall–Kier alpha value is -2.84. The lowest BCUT2D eigenvalue weighted by Gasteiger charge is -2.07. The summed E-state index contributed by atoms with van der Waals surface area (Å²) in [4.78, 5) is 23.2. The minimum Gasteiger partial charge on any atom is -0.454 e. The molecule has 0 bridgehead atoms. The molecule has 1 aromatic heterocycles. The van der Waals surface area contributed by atoms with Gasteiger partial charge in [0.15, 0.2) is 12.3 Å². The number of alkyl halides is 3. The van der Waals surface area contributed by atoms with E-state index in [1.165, 1.54) is 0 Å². The summed E-state index contributed by atoms with van der Waals surface area (Å²) in [6, 6.07) is 7.74. The summed E-state index contributed by atoms with van der Waals surface area (Å²) < 4.78 is 42.6. The predicted molar refractivity (Wildman–Crippen MR) is 78.0 cm³/mol. The maximum Gasteiger partial charge on any atom is 0.435 e. The number of benzene rings is 1. The van der Waals surface area contributed by atoms with Crippen LogP contribution >= 0.6 is 0 Å². The second-order valence-corrected chi connectivity index (χ2v) is 4.97. The van der Waals surface area contributed by atoms with Gasteiger partial charge in [0.05, 0.1) is 0 Å². The SMILES string of the molecule is Cc1ccc(NC(=O)COC(=O)Cn2ccc(C(F)(F)F)n2)cc1. The molecule has 0 aliphatic rings. The second kappa shape index (κ2) is 7.16. The third-order valence-electron chi connectivity index (χ3n) is 2.92. The van der Waals surface area contributed by atoms with Gasteiger partial charge < -0.3 is 10.1 Å². The van der Waals surface area contributed by atoms with E-state index >= 15 is 0 Å². The van der Waals surface area contributed by atoms with Crippen LogP contribution in [0.2, 0.25) is 0 Å². The van der Waals surface area contributed by atoms with Gasteiger partial charge in [-0.3, -0.25) is 14.3 Å². The molecule has 0 radical (unpaired) electrons. The van der Waals surface area contributed by atoms with E-state index in [0.717, 1.165) is 22.5 Å². The van der Waals surface area contributed by atoms with Crippen molar-refractivity contribution in [1.82, 2.24) is 9.78 Å². The van der Waals surface area contributed by atoms with Gasteiger partial charge in [0.1, 0.15) is 6.54 Å². The Morgan fingerprint density at radius 1 is 1.21 bits per heavy atom. The molecule has 2 rings (SSSR count). The Morgan fingerprint density at radius 3 is 2.46 bits per heavy atom. The first-order chi connectivity index (χ1) is 11.2. The number of rotatable bonds is 5. The van der Waals surface area contributed by atoms with Gasteiger partial charge in [-0.1, -0.05) is 17.7 Å². The van der Waals surface area contributed by atoms with Gasteiger partial charge >= 0.3 is 12.1 Å². The first-order valence-electron chi connectivity index (χ1n) is 6.87. The average Bonchev–Trinajstić information content (AvgIpc) is 2.96. The fourth-order valence-electron chi connectivity index (χ4n) is 1.76. The highest BCUT2D eigenvalue weighted by molar-refractivity contribution is 5.92. The first kappa shape index (κ1) is 17.5. The summed E-state index contributed by atoms with van der Waals surface area (Å²) in [6.45, 7) is 0.834. The van der Waals surface area contributed by atoms with Crippen LogP contribution in [-0.2, 0) is 27.0 Å². The van der Waals surface area contributed by atoms with E-state index in [1.807, 2.05) is 6.92 Å². The Morgan fingerprint density at radius 2 is 1.88 bits per heavy atom. The molecule has 0 saturated carbocycles. The van der Waals surface area contributed by atoms with Gasteiger partial charge in [-0.2, -0.15) is 18.3 Å². The van der Waals surface area contributed by atoms with Gasteiger partial charge in [0, 0.05) is 11.9 Å². The topological polar surface area (TPSA) is 73.2 Å². The number of esters is 1. The van der Waals surface area contributed by atoms with Crippen LogP contribution in [0.4, 0.5) is 18.9 Å². The zero-order chi connectivity index (χ0) is 17.7. The molecule has 2 aromatic rings. The molecule has 0 aliphatic carbocycles. The lowest BCUT2D eigenvalue weighted by atomic mass is 10.2. The fraction of sp³-hybridized carbons (Fsp3) is 0.267. The molecular formula is C15H14F3N3O3. The molecule has 1 heterocycles. The summed E-state index contributed by atoms with van der Waals surface area (Å²) >= 11 is 0. The van der Waals surface area contributed by atoms with Crippen molar-refractivity contribution in [2.45, 2.75) is 19.6 Å². The van der Waals surface area contributed by atoms with E-state index in [2.05, 4.69) is 10.4 Å². The van der Waals surface area contributed by atoms with Gasteiger partial charge in [-0.15, -0.1) is 0 Å². The van der Waals surface area contributed by atoms with Crippen molar-refractivity contribution in [3.05, 3.63) is 47.8 Å². The van der Waals surface area contributed by atoms with Crippen molar-refractivity contribution in [2.75, 3.05) is 11.9 Å². The highest BCUT2D eigenvalue weighted by atomic mass is 19.4. The number of anilines is 1. The number of halogens is 3. The summed E-state index contributed by atoms with van der Waals surface area (Å²) in [7, 11) is 0. The molecule has 9 heteroatoms. The van der Waals surface area contributed by atoms with Crippen LogP contribution in [0.1, 0.15) is 11.3 Å². The van der Waals surface area contributed by atoms with Crippen molar-refractivity contribution in [2.24, 2.45) is 0 Å². The van der Waals surface area contributed by atoms with Gasteiger partial charge in [-0.25, -0.2) is 0 Å². The zero-order valence-electron chi connectivity index (χ0n) is 12.6. The van der Waals surface area contributed by atoms with Crippen LogP contribution in [0.5, 0.6) is 0 Å². The van der Waals surface area contributed by atoms with Crippen molar-refractivity contribution < 1.29 is 27.5 Å². The number of hydrogen-bond donors (Lipinski definition) is 1. The molecule has 24 heavy (non-hydrogen) atoms. The second-order valence-electron chi connectivity index (χ2n) is 4.97. The summed E-state index contributed by atoms with van der Waals surface area (Å²) in [5.41, 5.74) is 0.466. The average molecular weight is 341 g/mol. The van der Waals surface area contributed by atoms with Crippen LogP contribution in [0, 0.1) is 6.92 Å². The third-order valence-corrected chi connectivity index (χ3v) is 2.92. The monoisotopic (exact) mass is 341 g/mol. The third kappa shape index (κ3) is 5.11. The molecule has 6 nitrogen and oxygen atoms in total. The number of amides is 1. The smallest absolute Gasteiger partial charge is 0.435 e. The van der Waals surface area contributed by atoms with Crippen LogP contribution in [-0.4, -0.2) is 28.3 Å². The Kier molecular flexibility index (Phi) is 5.22. The first-order valence-corrected chi connectivity index (χ1v) is 6.87. The van der Waals surface area contributed by atoms with E-state index in [4.69, 9.17) is 4.74 Å². The summed E-state index contributed by atoms with van der Waals surface area (Å²) in [6.07, 6.45) is -3.57. The Labute approximate surface area is 135 Å². The largest absolute Gasteiger partial charge is 0.454 e. The van der Waals surface area contributed by atoms with Crippen molar-refractivity contribution in [3.8, 4) is 0 Å². The van der Waals surface area contributed by atoms with Crippen LogP contribution < -0.4 is 5.32 Å². The molecule has 1 aromatic carbocycles. The summed E-state index contributed by atoms with van der Waals surface area (Å²) in [5.74, 6) is -1.42. The Balaban J connectivity index is 1.79. The van der Waals surface area contributed by atoms with E-state index < -0.39 is 36.9 Å². The normalized spacial score (nSPS) is 11.2. The van der Waals surface area contributed by atoms with E-state index in [-0.39, 0.29) is 0 Å². The van der Waals surface area contributed by atoms with Crippen LogP contribution in [0.15, 0.2) is 36.5 Å². The standard InChI is InChI=1S/C15H14F3N3O3/c1-10-2-4-11(5-3-10)19-13(22)9-24-14(23)8-21-7-6-12(20-21)15(16,17)18/h2-7H,8-9H2,1H3,(H,19,22). The highest BCUT2D eigenvalue weighted by Gasteiger charge is 2.33. The maximum absolute atomic E-state index is 12.4. The van der Waals surface area contributed by atoms with Crippen molar-refractivity contribution >= 4 is 17.6 Å². The molecule has 1 N–H and O–H groups in total. The number of hydrogen-bond acceptors (Lipinski definition) is 4. The van der Waals surface area contributed by atoms with E-state index in [0.29, 0.717) is 5.69 Å². The number of carbonyl (C=O) groups excluding carboxylic acids is 2. The number of aromatic nitrogens is 2. The molecule has 128 valence electrons. The van der Waals surface area contributed by atoms with Gasteiger partial charge in [0.25, 0.3) is 5.91 Å². The zero-order valence-corrected chi connectivity index (χ0v) is 12.6. The predicted octanol–water partition coefficient (Wildman–Crippen LogP) is 2.39. The molecule has 0 unspecified atom stereocenters. The van der Waals surface area contributed by atoms with Crippen molar-refractivity contribution in [3.63, 3.8) is 0 Å². The number of nitrogens with zero attached hydrogens (tertiary/aromatic N) is 2. The molecule has 0 fully saturated rings. The van der Waals surface area contributed by atoms with E-state index in [9.17, 15) is 22.8 Å². The maximum atomic E-state index is 12.4. The highest BCUT2D eigenvalue weighted by Crippen LogP contribution is 2.27. The number of ether oxygens (including phenoxy) is 1.